The minimum atomic E-state index is -2.46. The van der Waals surface area contributed by atoms with E-state index in [2.05, 4.69) is 0 Å². The van der Waals surface area contributed by atoms with Crippen LogP contribution in [0.5, 0.6) is 0 Å². The number of aldehydes is 1. The maximum Gasteiger partial charge on any atom is 0.238 e. The predicted octanol–water partition coefficient (Wildman–Crippen LogP) is 3.88. The highest BCUT2D eigenvalue weighted by Crippen LogP contribution is 2.41. The third kappa shape index (κ3) is 4.35. The van der Waals surface area contributed by atoms with Crippen molar-refractivity contribution in [3.63, 3.8) is 0 Å². The molecule has 0 saturated carbocycles. The number of anilines is 1. The molecule has 0 spiro atoms. The van der Waals surface area contributed by atoms with E-state index < -0.39 is 18.3 Å². The van der Waals surface area contributed by atoms with Crippen molar-refractivity contribution in [1.29, 1.82) is 0 Å². The largest absolute Gasteiger partial charge is 0.380 e. The fourth-order valence-electron chi connectivity index (χ4n) is 3.03. The van der Waals surface area contributed by atoms with Crippen LogP contribution in [0.2, 0.25) is 0 Å². The molecule has 0 bridgehead atoms. The topological polar surface area (TPSA) is 63.7 Å². The maximum atomic E-state index is 12.8. The highest BCUT2D eigenvalue weighted by Gasteiger charge is 2.41. The van der Waals surface area contributed by atoms with Crippen LogP contribution in [0.15, 0.2) is 0 Å². The summed E-state index contributed by atoms with van der Waals surface area (Å²) in [5.74, 6) is -1.73. The zero-order valence-corrected chi connectivity index (χ0v) is 15.7. The molecule has 2 heterocycles. The minimum Gasteiger partial charge on any atom is -0.380 e. The molecular formula is C18H23F2NO4S. The maximum absolute atomic E-state index is 12.8. The van der Waals surface area contributed by atoms with Gasteiger partial charge in [-0.25, -0.2) is 8.78 Å². The minimum absolute atomic E-state index is 0.0828. The van der Waals surface area contributed by atoms with Gasteiger partial charge in [0.05, 0.1) is 23.6 Å². The van der Waals surface area contributed by atoms with Crippen LogP contribution in [-0.4, -0.2) is 44.2 Å². The Morgan fingerprint density at radius 3 is 2.65 bits per heavy atom. The average molecular weight is 387 g/mol. The van der Waals surface area contributed by atoms with E-state index in [1.54, 1.807) is 6.92 Å². The first-order valence-electron chi connectivity index (χ1n) is 8.72. The molecule has 0 aromatic carbocycles. The SMILES string of the molecule is CCCOCCN1C(=O)C(CCCC(F)F)C(=O)c2c1sc(C=O)c2C. The van der Waals surface area contributed by atoms with Crippen molar-refractivity contribution in [2.24, 2.45) is 5.92 Å². The number of carbonyl (C=O) groups excluding carboxylic acids is 3. The molecule has 1 atom stereocenters. The summed E-state index contributed by atoms with van der Waals surface area (Å²) in [7, 11) is 0. The third-order valence-electron chi connectivity index (χ3n) is 4.37. The van der Waals surface area contributed by atoms with Gasteiger partial charge in [0.1, 0.15) is 10.9 Å². The standard InChI is InChI=1S/C18H23F2NO4S/c1-3-8-25-9-7-21-17(24)12(5-4-6-14(19)20)16(23)15-11(2)13(10-22)26-18(15)21/h10,12,14H,3-9H2,1-2H3. The molecule has 0 N–H and O–H groups in total. The van der Waals surface area contributed by atoms with Crippen LogP contribution < -0.4 is 4.90 Å². The number of hydrogen-bond acceptors (Lipinski definition) is 5. The van der Waals surface area contributed by atoms with Gasteiger partial charge in [-0.2, -0.15) is 0 Å². The summed E-state index contributed by atoms with van der Waals surface area (Å²) in [5.41, 5.74) is 0.921. The third-order valence-corrected chi connectivity index (χ3v) is 5.61. The zero-order chi connectivity index (χ0) is 19.3. The fraction of sp³-hybridized carbons (Fsp3) is 0.611. The number of Topliss-reactive ketones (excluding diaryl/α,β-unsaturated/α-hetero) is 1. The molecule has 2 rings (SSSR count). The van der Waals surface area contributed by atoms with Crippen LogP contribution in [0.1, 0.15) is 58.2 Å². The summed E-state index contributed by atoms with van der Waals surface area (Å²) in [5, 5.41) is 0.463. The Bertz CT molecular complexity index is 674. The number of amides is 1. The molecular weight excluding hydrogens is 364 g/mol. The molecule has 1 aromatic heterocycles. The van der Waals surface area contributed by atoms with Gasteiger partial charge >= 0.3 is 0 Å². The number of ether oxygens (including phenoxy) is 1. The van der Waals surface area contributed by atoms with Crippen molar-refractivity contribution in [2.45, 2.75) is 46.0 Å². The van der Waals surface area contributed by atoms with E-state index in [0.29, 0.717) is 40.5 Å². The molecule has 1 unspecified atom stereocenters. The summed E-state index contributed by atoms with van der Waals surface area (Å²) in [6, 6.07) is 0. The van der Waals surface area contributed by atoms with Gasteiger partial charge in [0, 0.05) is 13.0 Å². The first-order valence-corrected chi connectivity index (χ1v) is 9.54. The van der Waals surface area contributed by atoms with Crippen LogP contribution in [0, 0.1) is 12.8 Å². The number of hydrogen-bond donors (Lipinski definition) is 0. The lowest BCUT2D eigenvalue weighted by atomic mass is 9.87. The van der Waals surface area contributed by atoms with Gasteiger partial charge in [-0.15, -0.1) is 11.3 Å². The average Bonchev–Trinajstić information content (AvgIpc) is 2.93. The molecule has 1 aromatic rings. The molecule has 0 aliphatic carbocycles. The summed E-state index contributed by atoms with van der Waals surface area (Å²) in [6.45, 7) is 4.79. The number of halogens is 2. The van der Waals surface area contributed by atoms with Crippen molar-refractivity contribution in [3.05, 3.63) is 16.0 Å². The van der Waals surface area contributed by atoms with Crippen molar-refractivity contribution in [2.75, 3.05) is 24.7 Å². The molecule has 144 valence electrons. The van der Waals surface area contributed by atoms with Gasteiger partial charge in [-0.1, -0.05) is 6.92 Å². The fourth-order valence-corrected chi connectivity index (χ4v) is 4.19. The predicted molar refractivity (Wildman–Crippen MR) is 95.6 cm³/mol. The number of alkyl halides is 2. The van der Waals surface area contributed by atoms with Gasteiger partial charge in [0.2, 0.25) is 12.3 Å². The van der Waals surface area contributed by atoms with Crippen molar-refractivity contribution < 1.29 is 27.9 Å². The Labute approximate surface area is 155 Å². The quantitative estimate of drug-likeness (QED) is 0.347. The van der Waals surface area contributed by atoms with E-state index in [-0.39, 0.29) is 31.6 Å². The van der Waals surface area contributed by atoms with E-state index in [1.807, 2.05) is 6.92 Å². The highest BCUT2D eigenvalue weighted by atomic mass is 32.1. The second-order valence-electron chi connectivity index (χ2n) is 6.23. The summed E-state index contributed by atoms with van der Waals surface area (Å²) in [6.07, 6.45) is -1.10. The van der Waals surface area contributed by atoms with Crippen molar-refractivity contribution in [3.8, 4) is 0 Å². The Hall–Kier alpha value is -1.67. The van der Waals surface area contributed by atoms with Crippen molar-refractivity contribution in [1.82, 2.24) is 0 Å². The number of ketones is 1. The molecule has 8 heteroatoms. The lowest BCUT2D eigenvalue weighted by Gasteiger charge is -2.31. The van der Waals surface area contributed by atoms with Gasteiger partial charge in [-0.05, 0) is 31.7 Å². The zero-order valence-electron chi connectivity index (χ0n) is 14.9. The Morgan fingerprint density at radius 2 is 2.04 bits per heavy atom. The van der Waals surface area contributed by atoms with Crippen LogP contribution in [-0.2, 0) is 9.53 Å². The van der Waals surface area contributed by atoms with Crippen LogP contribution in [0.4, 0.5) is 13.8 Å². The first-order chi connectivity index (χ1) is 12.4. The molecule has 1 amide bonds. The Balaban J connectivity index is 2.28. The second kappa shape index (κ2) is 9.32. The molecule has 5 nitrogen and oxygen atoms in total. The van der Waals surface area contributed by atoms with Gasteiger partial charge in [0.15, 0.2) is 12.1 Å². The molecule has 0 saturated heterocycles. The smallest absolute Gasteiger partial charge is 0.238 e. The Morgan fingerprint density at radius 1 is 1.31 bits per heavy atom. The summed E-state index contributed by atoms with van der Waals surface area (Å²) >= 11 is 1.11. The first kappa shape index (κ1) is 20.6. The summed E-state index contributed by atoms with van der Waals surface area (Å²) < 4.78 is 30.3. The van der Waals surface area contributed by atoms with Crippen LogP contribution >= 0.6 is 11.3 Å². The second-order valence-corrected chi connectivity index (χ2v) is 7.26. The number of nitrogens with zero attached hydrogens (tertiary/aromatic N) is 1. The van der Waals surface area contributed by atoms with E-state index in [0.717, 1.165) is 17.8 Å². The molecule has 1 aliphatic heterocycles. The van der Waals surface area contributed by atoms with E-state index in [1.165, 1.54) is 4.90 Å². The number of carbonyl (C=O) groups is 3. The van der Waals surface area contributed by atoms with E-state index >= 15 is 0 Å². The molecule has 1 aliphatic rings. The van der Waals surface area contributed by atoms with Gasteiger partial charge in [0.25, 0.3) is 0 Å². The summed E-state index contributed by atoms with van der Waals surface area (Å²) in [4.78, 5) is 38.8. The lowest BCUT2D eigenvalue weighted by Crippen LogP contribution is -2.45. The normalized spacial score (nSPS) is 17.1. The molecule has 26 heavy (non-hydrogen) atoms. The van der Waals surface area contributed by atoms with E-state index in [4.69, 9.17) is 4.74 Å². The van der Waals surface area contributed by atoms with Crippen molar-refractivity contribution >= 4 is 34.3 Å². The number of fused-ring (bicyclic) bond motifs is 1. The number of thiophene rings is 1. The lowest BCUT2D eigenvalue weighted by molar-refractivity contribution is -0.121. The Kier molecular flexibility index (Phi) is 7.40. The molecule has 0 radical (unpaired) electrons. The molecule has 0 fully saturated rings. The van der Waals surface area contributed by atoms with Gasteiger partial charge < -0.3 is 9.64 Å². The highest BCUT2D eigenvalue weighted by molar-refractivity contribution is 7.18. The van der Waals surface area contributed by atoms with Gasteiger partial charge in [-0.3, -0.25) is 14.4 Å². The van der Waals surface area contributed by atoms with Crippen LogP contribution in [0.3, 0.4) is 0 Å². The monoisotopic (exact) mass is 387 g/mol. The van der Waals surface area contributed by atoms with Crippen LogP contribution in [0.25, 0.3) is 0 Å². The van der Waals surface area contributed by atoms with E-state index in [9.17, 15) is 23.2 Å². The number of rotatable bonds is 10.